The molecule has 0 aliphatic carbocycles. The van der Waals surface area contributed by atoms with Gasteiger partial charge in [-0.1, -0.05) is 35.8 Å². The molecule has 1 N–H and O–H groups in total. The van der Waals surface area contributed by atoms with Crippen molar-refractivity contribution in [3.63, 3.8) is 0 Å². The highest BCUT2D eigenvalue weighted by Crippen LogP contribution is 2.17. The van der Waals surface area contributed by atoms with Crippen LogP contribution in [0.3, 0.4) is 0 Å². The van der Waals surface area contributed by atoms with Crippen LogP contribution in [0.2, 0.25) is 0 Å². The molecule has 102 valence electrons. The molecule has 0 fully saturated rings. The third-order valence-electron chi connectivity index (χ3n) is 2.44. The Labute approximate surface area is 123 Å². The molecule has 1 rings (SSSR count). The van der Waals surface area contributed by atoms with Crippen molar-refractivity contribution in [2.75, 3.05) is 19.7 Å². The summed E-state index contributed by atoms with van der Waals surface area (Å²) >= 11 is 9.60. The molecule has 1 aromatic carbocycles. The predicted molar refractivity (Wildman–Crippen MR) is 81.6 cm³/mol. The molecule has 0 aliphatic heterocycles. The fraction of sp³-hybridized carbons (Fsp3) is 0.571. The second-order valence-corrected chi connectivity index (χ2v) is 6.27. The average molecular weight is 335 g/mol. The van der Waals surface area contributed by atoms with E-state index < -0.39 is 0 Å². The topological polar surface area (TPSA) is 21.3 Å². The van der Waals surface area contributed by atoms with Gasteiger partial charge in [0.05, 0.1) is 0 Å². The summed E-state index contributed by atoms with van der Waals surface area (Å²) in [5.41, 5.74) is 0. The van der Waals surface area contributed by atoms with Crippen molar-refractivity contribution in [3.05, 3.63) is 28.7 Å². The van der Waals surface area contributed by atoms with E-state index in [1.807, 2.05) is 24.3 Å². The highest BCUT2D eigenvalue weighted by atomic mass is 79.9. The average Bonchev–Trinajstić information content (AvgIpc) is 2.27. The standard InChI is InChI=1S/C14H21BrClNO/c1-11(2)8-13(16)10-17-6-7-18-14-5-3-4-12(15)9-14/h3-5,9,11,13,17H,6-8,10H2,1-2H3. The van der Waals surface area contributed by atoms with Gasteiger partial charge < -0.3 is 10.1 Å². The van der Waals surface area contributed by atoms with Crippen LogP contribution >= 0.6 is 27.5 Å². The van der Waals surface area contributed by atoms with Crippen molar-refractivity contribution >= 4 is 27.5 Å². The molecular weight excluding hydrogens is 314 g/mol. The zero-order valence-electron chi connectivity index (χ0n) is 11.0. The number of alkyl halides is 1. The number of hydrogen-bond acceptors (Lipinski definition) is 2. The Morgan fingerprint density at radius 1 is 1.39 bits per heavy atom. The number of benzene rings is 1. The first-order valence-electron chi connectivity index (χ1n) is 6.31. The first-order valence-corrected chi connectivity index (χ1v) is 7.54. The van der Waals surface area contributed by atoms with Crippen LogP contribution < -0.4 is 10.1 Å². The molecular formula is C14H21BrClNO. The maximum atomic E-state index is 6.18. The summed E-state index contributed by atoms with van der Waals surface area (Å²) < 4.78 is 6.65. The second kappa shape index (κ2) is 8.78. The van der Waals surface area contributed by atoms with Crippen molar-refractivity contribution in [1.82, 2.24) is 5.32 Å². The van der Waals surface area contributed by atoms with E-state index in [0.29, 0.717) is 12.5 Å². The van der Waals surface area contributed by atoms with Crippen molar-refractivity contribution in [3.8, 4) is 5.75 Å². The van der Waals surface area contributed by atoms with Crippen LogP contribution in [0, 0.1) is 5.92 Å². The molecule has 18 heavy (non-hydrogen) atoms. The largest absolute Gasteiger partial charge is 0.492 e. The highest BCUT2D eigenvalue weighted by Gasteiger charge is 2.06. The van der Waals surface area contributed by atoms with E-state index >= 15 is 0 Å². The van der Waals surface area contributed by atoms with E-state index in [4.69, 9.17) is 16.3 Å². The summed E-state index contributed by atoms with van der Waals surface area (Å²) in [5.74, 6) is 1.53. The molecule has 0 aromatic heterocycles. The molecule has 0 spiro atoms. The van der Waals surface area contributed by atoms with Crippen molar-refractivity contribution in [1.29, 1.82) is 0 Å². The third-order valence-corrected chi connectivity index (χ3v) is 3.26. The number of nitrogens with one attached hydrogen (secondary N) is 1. The SMILES string of the molecule is CC(C)CC(Cl)CNCCOc1cccc(Br)c1. The molecule has 0 radical (unpaired) electrons. The summed E-state index contributed by atoms with van der Waals surface area (Å²) in [6.07, 6.45) is 1.04. The van der Waals surface area contributed by atoms with Gasteiger partial charge in [0.1, 0.15) is 12.4 Å². The second-order valence-electron chi connectivity index (χ2n) is 4.74. The fourth-order valence-corrected chi connectivity index (χ4v) is 2.50. The van der Waals surface area contributed by atoms with Gasteiger partial charge >= 0.3 is 0 Å². The lowest BCUT2D eigenvalue weighted by atomic mass is 10.1. The summed E-state index contributed by atoms with van der Waals surface area (Å²) in [6, 6.07) is 7.86. The van der Waals surface area contributed by atoms with Crippen LogP contribution in [0.25, 0.3) is 0 Å². The minimum Gasteiger partial charge on any atom is -0.492 e. The van der Waals surface area contributed by atoms with Gasteiger partial charge in [-0.3, -0.25) is 0 Å². The van der Waals surface area contributed by atoms with Crippen molar-refractivity contribution in [2.24, 2.45) is 5.92 Å². The number of halogens is 2. The molecule has 1 unspecified atom stereocenters. The van der Waals surface area contributed by atoms with Gasteiger partial charge in [-0.05, 0) is 30.5 Å². The molecule has 0 aliphatic rings. The van der Waals surface area contributed by atoms with Gasteiger partial charge in [0.15, 0.2) is 0 Å². The maximum absolute atomic E-state index is 6.18. The van der Waals surface area contributed by atoms with Gasteiger partial charge in [0.2, 0.25) is 0 Å². The van der Waals surface area contributed by atoms with E-state index in [0.717, 1.165) is 29.7 Å². The van der Waals surface area contributed by atoms with Gasteiger partial charge in [-0.25, -0.2) is 0 Å². The van der Waals surface area contributed by atoms with E-state index in [2.05, 4.69) is 35.1 Å². The zero-order valence-corrected chi connectivity index (χ0v) is 13.3. The highest BCUT2D eigenvalue weighted by molar-refractivity contribution is 9.10. The van der Waals surface area contributed by atoms with Crippen molar-refractivity contribution in [2.45, 2.75) is 25.6 Å². The molecule has 1 aromatic rings. The van der Waals surface area contributed by atoms with E-state index in [1.165, 1.54) is 0 Å². The van der Waals surface area contributed by atoms with Gasteiger partial charge in [0, 0.05) is 22.9 Å². The monoisotopic (exact) mass is 333 g/mol. The number of rotatable bonds is 8. The number of hydrogen-bond donors (Lipinski definition) is 1. The molecule has 2 nitrogen and oxygen atoms in total. The summed E-state index contributed by atoms with van der Waals surface area (Å²) in [4.78, 5) is 0. The summed E-state index contributed by atoms with van der Waals surface area (Å²) in [5, 5.41) is 3.51. The third kappa shape index (κ3) is 7.24. The van der Waals surface area contributed by atoms with E-state index in [-0.39, 0.29) is 5.38 Å². The first kappa shape index (κ1) is 15.8. The van der Waals surface area contributed by atoms with Gasteiger partial charge in [-0.15, -0.1) is 11.6 Å². The van der Waals surface area contributed by atoms with E-state index in [9.17, 15) is 0 Å². The van der Waals surface area contributed by atoms with E-state index in [1.54, 1.807) is 0 Å². The molecule has 0 amide bonds. The molecule has 0 saturated carbocycles. The Morgan fingerprint density at radius 2 is 2.17 bits per heavy atom. The quantitative estimate of drug-likeness (QED) is 0.571. The first-order chi connectivity index (χ1) is 8.58. The predicted octanol–water partition coefficient (Wildman–Crippen LogP) is 4.07. The lowest BCUT2D eigenvalue weighted by Crippen LogP contribution is -2.28. The Morgan fingerprint density at radius 3 is 2.83 bits per heavy atom. The Hall–Kier alpha value is -0.250. The maximum Gasteiger partial charge on any atom is 0.120 e. The van der Waals surface area contributed by atoms with Crippen LogP contribution in [0.15, 0.2) is 28.7 Å². The Balaban J connectivity index is 2.08. The molecule has 4 heteroatoms. The molecule has 0 saturated heterocycles. The summed E-state index contributed by atoms with van der Waals surface area (Å²) in [6.45, 7) is 6.68. The van der Waals surface area contributed by atoms with Crippen LogP contribution in [0.4, 0.5) is 0 Å². The number of ether oxygens (including phenoxy) is 1. The lowest BCUT2D eigenvalue weighted by molar-refractivity contribution is 0.313. The molecule has 1 atom stereocenters. The van der Waals surface area contributed by atoms with Crippen LogP contribution in [-0.4, -0.2) is 25.1 Å². The zero-order chi connectivity index (χ0) is 13.4. The fourth-order valence-electron chi connectivity index (χ4n) is 1.65. The Bertz CT molecular complexity index is 346. The molecule has 0 bridgehead atoms. The van der Waals surface area contributed by atoms with Gasteiger partial charge in [-0.2, -0.15) is 0 Å². The lowest BCUT2D eigenvalue weighted by Gasteiger charge is -2.13. The van der Waals surface area contributed by atoms with Crippen LogP contribution in [-0.2, 0) is 0 Å². The van der Waals surface area contributed by atoms with Gasteiger partial charge in [0.25, 0.3) is 0 Å². The molecule has 0 heterocycles. The Kier molecular flexibility index (Phi) is 7.71. The minimum atomic E-state index is 0.205. The normalized spacial score (nSPS) is 12.7. The summed E-state index contributed by atoms with van der Waals surface area (Å²) in [7, 11) is 0. The van der Waals surface area contributed by atoms with Crippen LogP contribution in [0.1, 0.15) is 20.3 Å². The van der Waals surface area contributed by atoms with Crippen molar-refractivity contribution < 1.29 is 4.74 Å². The minimum absolute atomic E-state index is 0.205. The van der Waals surface area contributed by atoms with Crippen LogP contribution in [0.5, 0.6) is 5.75 Å². The smallest absolute Gasteiger partial charge is 0.120 e.